The summed E-state index contributed by atoms with van der Waals surface area (Å²) in [5, 5.41) is 14.1. The number of hydrogen-bond acceptors (Lipinski definition) is 4. The average molecular weight is 263 g/mol. The maximum absolute atomic E-state index is 10.7. The van der Waals surface area contributed by atoms with E-state index in [0.29, 0.717) is 5.92 Å². The summed E-state index contributed by atoms with van der Waals surface area (Å²) in [5.41, 5.74) is 2.09. The Bertz CT molecular complexity index is 454. The SMILES string of the molecule is Cc1cc([N+](=O)[O-])ccc1NCC1CCN(C)CC1. The van der Waals surface area contributed by atoms with Crippen molar-refractivity contribution in [3.8, 4) is 0 Å². The molecule has 1 saturated heterocycles. The monoisotopic (exact) mass is 263 g/mol. The van der Waals surface area contributed by atoms with Crippen LogP contribution < -0.4 is 5.32 Å². The summed E-state index contributed by atoms with van der Waals surface area (Å²) < 4.78 is 0. The molecule has 0 amide bonds. The van der Waals surface area contributed by atoms with Crippen LogP contribution in [0, 0.1) is 23.0 Å². The summed E-state index contributed by atoms with van der Waals surface area (Å²) in [5.74, 6) is 0.700. The lowest BCUT2D eigenvalue weighted by atomic mass is 9.97. The Balaban J connectivity index is 1.91. The molecule has 1 aromatic carbocycles. The van der Waals surface area contributed by atoms with Gasteiger partial charge in [0.05, 0.1) is 4.92 Å². The van der Waals surface area contributed by atoms with Gasteiger partial charge in [-0.05, 0) is 57.5 Å². The predicted molar refractivity (Wildman–Crippen MR) is 76.5 cm³/mol. The van der Waals surface area contributed by atoms with Crippen molar-refractivity contribution in [2.75, 3.05) is 32.0 Å². The molecule has 1 aliphatic rings. The minimum atomic E-state index is -0.353. The first kappa shape index (κ1) is 13.8. The van der Waals surface area contributed by atoms with E-state index in [2.05, 4.69) is 17.3 Å². The second-order valence-corrected chi connectivity index (χ2v) is 5.38. The Morgan fingerprint density at radius 1 is 1.42 bits per heavy atom. The zero-order chi connectivity index (χ0) is 13.8. The van der Waals surface area contributed by atoms with Gasteiger partial charge in [-0.3, -0.25) is 10.1 Å². The molecule has 0 spiro atoms. The van der Waals surface area contributed by atoms with Crippen molar-refractivity contribution >= 4 is 11.4 Å². The van der Waals surface area contributed by atoms with Crippen LogP contribution in [0.25, 0.3) is 0 Å². The van der Waals surface area contributed by atoms with Crippen LogP contribution in [0.3, 0.4) is 0 Å². The van der Waals surface area contributed by atoms with Gasteiger partial charge in [0.1, 0.15) is 0 Å². The van der Waals surface area contributed by atoms with Gasteiger partial charge < -0.3 is 10.2 Å². The van der Waals surface area contributed by atoms with Gasteiger partial charge in [0.2, 0.25) is 0 Å². The number of aryl methyl sites for hydroxylation is 1. The molecule has 0 radical (unpaired) electrons. The molecule has 19 heavy (non-hydrogen) atoms. The number of benzene rings is 1. The quantitative estimate of drug-likeness (QED) is 0.670. The molecule has 0 bridgehead atoms. The number of anilines is 1. The third-order valence-electron chi connectivity index (χ3n) is 3.84. The van der Waals surface area contributed by atoms with E-state index in [1.165, 1.54) is 12.8 Å². The lowest BCUT2D eigenvalue weighted by Crippen LogP contribution is -2.33. The first-order valence-electron chi connectivity index (χ1n) is 6.73. The zero-order valence-electron chi connectivity index (χ0n) is 11.6. The molecule has 1 aliphatic heterocycles. The standard InChI is InChI=1S/C14H21N3O2/c1-11-9-13(17(18)19)3-4-14(11)15-10-12-5-7-16(2)8-6-12/h3-4,9,12,15H,5-8,10H2,1-2H3. The molecule has 2 rings (SSSR count). The highest BCUT2D eigenvalue weighted by atomic mass is 16.6. The topological polar surface area (TPSA) is 58.4 Å². The number of nitro benzene ring substituents is 1. The van der Waals surface area contributed by atoms with Crippen molar-refractivity contribution in [3.63, 3.8) is 0 Å². The molecule has 0 atom stereocenters. The highest BCUT2D eigenvalue weighted by Crippen LogP contribution is 2.23. The molecule has 5 heteroatoms. The van der Waals surface area contributed by atoms with Crippen molar-refractivity contribution in [3.05, 3.63) is 33.9 Å². The molecule has 1 heterocycles. The van der Waals surface area contributed by atoms with Crippen LogP contribution in [0.1, 0.15) is 18.4 Å². The first-order chi connectivity index (χ1) is 9.06. The summed E-state index contributed by atoms with van der Waals surface area (Å²) >= 11 is 0. The maximum Gasteiger partial charge on any atom is 0.269 e. The minimum Gasteiger partial charge on any atom is -0.385 e. The zero-order valence-corrected chi connectivity index (χ0v) is 11.6. The summed E-state index contributed by atoms with van der Waals surface area (Å²) in [7, 11) is 2.16. The number of likely N-dealkylation sites (tertiary alicyclic amines) is 1. The second kappa shape index (κ2) is 6.02. The number of nitro groups is 1. The summed E-state index contributed by atoms with van der Waals surface area (Å²) in [6, 6.07) is 4.99. The number of non-ortho nitro benzene ring substituents is 1. The van der Waals surface area contributed by atoms with Gasteiger partial charge in [-0.2, -0.15) is 0 Å². The summed E-state index contributed by atoms with van der Waals surface area (Å²) in [6.45, 7) is 5.17. The number of nitrogens with zero attached hydrogens (tertiary/aromatic N) is 2. The highest BCUT2D eigenvalue weighted by Gasteiger charge is 2.16. The molecule has 0 unspecified atom stereocenters. The molecule has 104 valence electrons. The first-order valence-corrected chi connectivity index (χ1v) is 6.73. The Hall–Kier alpha value is -1.62. The van der Waals surface area contributed by atoms with E-state index in [1.54, 1.807) is 12.1 Å². The van der Waals surface area contributed by atoms with Crippen molar-refractivity contribution in [2.24, 2.45) is 5.92 Å². The van der Waals surface area contributed by atoms with E-state index in [4.69, 9.17) is 0 Å². The summed E-state index contributed by atoms with van der Waals surface area (Å²) in [6.07, 6.45) is 2.44. The van der Waals surface area contributed by atoms with Gasteiger partial charge in [-0.1, -0.05) is 0 Å². The molecule has 0 saturated carbocycles. The van der Waals surface area contributed by atoms with Crippen LogP contribution in [0.2, 0.25) is 0 Å². The molecular formula is C14H21N3O2. The van der Waals surface area contributed by atoms with Crippen molar-refractivity contribution in [1.82, 2.24) is 4.90 Å². The largest absolute Gasteiger partial charge is 0.385 e. The van der Waals surface area contributed by atoms with Crippen molar-refractivity contribution in [1.29, 1.82) is 0 Å². The minimum absolute atomic E-state index is 0.155. The van der Waals surface area contributed by atoms with Gasteiger partial charge in [-0.25, -0.2) is 0 Å². The van der Waals surface area contributed by atoms with E-state index in [1.807, 2.05) is 13.0 Å². The van der Waals surface area contributed by atoms with Crippen LogP contribution in [0.4, 0.5) is 11.4 Å². The average Bonchev–Trinajstić information content (AvgIpc) is 2.39. The fourth-order valence-corrected chi connectivity index (χ4v) is 2.48. The lowest BCUT2D eigenvalue weighted by molar-refractivity contribution is -0.384. The summed E-state index contributed by atoms with van der Waals surface area (Å²) in [4.78, 5) is 12.7. The molecule has 1 N–H and O–H groups in total. The van der Waals surface area contributed by atoms with E-state index in [9.17, 15) is 10.1 Å². The van der Waals surface area contributed by atoms with Crippen LogP contribution >= 0.6 is 0 Å². The highest BCUT2D eigenvalue weighted by molar-refractivity contribution is 5.55. The Labute approximate surface area is 113 Å². The molecule has 1 fully saturated rings. The Morgan fingerprint density at radius 2 is 2.11 bits per heavy atom. The molecule has 5 nitrogen and oxygen atoms in total. The molecule has 0 aliphatic carbocycles. The van der Waals surface area contributed by atoms with Crippen LogP contribution in [-0.2, 0) is 0 Å². The van der Waals surface area contributed by atoms with Crippen LogP contribution in [0.15, 0.2) is 18.2 Å². The maximum atomic E-state index is 10.7. The smallest absolute Gasteiger partial charge is 0.269 e. The number of piperidine rings is 1. The molecule has 1 aromatic rings. The van der Waals surface area contributed by atoms with Crippen LogP contribution in [0.5, 0.6) is 0 Å². The van der Waals surface area contributed by atoms with Gasteiger partial charge >= 0.3 is 0 Å². The Kier molecular flexibility index (Phi) is 4.37. The van der Waals surface area contributed by atoms with Gasteiger partial charge in [0.15, 0.2) is 0 Å². The predicted octanol–water partition coefficient (Wildman–Crippen LogP) is 2.66. The number of rotatable bonds is 4. The van der Waals surface area contributed by atoms with Gasteiger partial charge in [0, 0.05) is 24.4 Å². The van der Waals surface area contributed by atoms with Gasteiger partial charge in [-0.15, -0.1) is 0 Å². The van der Waals surface area contributed by atoms with Crippen LogP contribution in [-0.4, -0.2) is 36.5 Å². The number of hydrogen-bond donors (Lipinski definition) is 1. The van der Waals surface area contributed by atoms with E-state index in [-0.39, 0.29) is 10.6 Å². The van der Waals surface area contributed by atoms with E-state index < -0.39 is 0 Å². The van der Waals surface area contributed by atoms with E-state index in [0.717, 1.165) is 30.9 Å². The third kappa shape index (κ3) is 3.67. The second-order valence-electron chi connectivity index (χ2n) is 5.38. The molecular weight excluding hydrogens is 242 g/mol. The number of nitrogens with one attached hydrogen (secondary N) is 1. The molecule has 0 aromatic heterocycles. The third-order valence-corrected chi connectivity index (χ3v) is 3.84. The fraction of sp³-hybridized carbons (Fsp3) is 0.571. The van der Waals surface area contributed by atoms with Crippen molar-refractivity contribution < 1.29 is 4.92 Å². The normalized spacial score (nSPS) is 17.4. The fourth-order valence-electron chi connectivity index (χ4n) is 2.48. The Morgan fingerprint density at radius 3 is 2.68 bits per heavy atom. The van der Waals surface area contributed by atoms with Crippen molar-refractivity contribution in [2.45, 2.75) is 19.8 Å². The van der Waals surface area contributed by atoms with E-state index >= 15 is 0 Å². The van der Waals surface area contributed by atoms with Gasteiger partial charge in [0.25, 0.3) is 5.69 Å². The lowest BCUT2D eigenvalue weighted by Gasteiger charge is -2.29.